The van der Waals surface area contributed by atoms with Gasteiger partial charge in [0, 0.05) is 22.5 Å². The molecule has 1 aliphatic rings. The van der Waals surface area contributed by atoms with Crippen molar-refractivity contribution in [2.24, 2.45) is 11.1 Å². The largest absolute Gasteiger partial charge is 0.465 e. The monoisotopic (exact) mass is 377 g/mol. The number of rotatable bonds is 5. The highest BCUT2D eigenvalue weighted by atomic mass is 35.5. The minimum atomic E-state index is -1.02. The first kappa shape index (κ1) is 18.8. The molecule has 1 aliphatic carbocycles. The molecule has 0 saturated heterocycles. The Hall–Kier alpha value is -1.95. The molecule has 4 nitrogen and oxygen atoms in total. The van der Waals surface area contributed by atoms with Crippen LogP contribution in [0.25, 0.3) is 11.1 Å². The van der Waals surface area contributed by atoms with Crippen molar-refractivity contribution in [1.82, 2.24) is 0 Å². The highest BCUT2D eigenvalue weighted by Gasteiger charge is 2.58. The van der Waals surface area contributed by atoms with E-state index in [2.05, 4.69) is 0 Å². The molecular weight excluding hydrogens is 357 g/mol. The first-order valence-corrected chi connectivity index (χ1v) is 8.89. The molecule has 0 heterocycles. The van der Waals surface area contributed by atoms with E-state index >= 15 is 0 Å². The predicted molar refractivity (Wildman–Crippen MR) is 98.3 cm³/mol. The quantitative estimate of drug-likeness (QED) is 0.782. The topological polar surface area (TPSA) is 72.5 Å². The number of aliphatic hydroxyl groups excluding tert-OH is 1. The molecule has 3 N–H and O–H groups in total. The van der Waals surface area contributed by atoms with E-state index in [1.807, 2.05) is 12.1 Å². The van der Waals surface area contributed by atoms with E-state index in [0.717, 1.165) is 5.56 Å². The Bertz CT molecular complexity index is 811. The lowest BCUT2D eigenvalue weighted by atomic mass is 9.55. The Morgan fingerprint density at radius 2 is 2.04 bits per heavy atom. The van der Waals surface area contributed by atoms with Gasteiger partial charge in [0.05, 0.1) is 13.2 Å². The average molecular weight is 378 g/mol. The van der Waals surface area contributed by atoms with Gasteiger partial charge in [0.25, 0.3) is 0 Å². The minimum Gasteiger partial charge on any atom is -0.465 e. The molecule has 0 aromatic heterocycles. The molecule has 1 unspecified atom stereocenters. The van der Waals surface area contributed by atoms with Crippen LogP contribution in [0.1, 0.15) is 24.8 Å². The highest BCUT2D eigenvalue weighted by Crippen LogP contribution is 2.53. The number of benzene rings is 2. The van der Waals surface area contributed by atoms with Crippen LogP contribution in [-0.4, -0.2) is 30.3 Å². The van der Waals surface area contributed by atoms with Gasteiger partial charge in [0.15, 0.2) is 0 Å². The number of halogens is 2. The third kappa shape index (κ3) is 3.11. The number of esters is 1. The molecule has 2 aromatic rings. The number of carbonyl (C=O) groups is 1. The second kappa shape index (κ2) is 7.35. The number of hydrogen-bond donors (Lipinski definition) is 2. The van der Waals surface area contributed by atoms with Crippen molar-refractivity contribution in [3.63, 3.8) is 0 Å². The van der Waals surface area contributed by atoms with Crippen LogP contribution in [0.2, 0.25) is 5.02 Å². The van der Waals surface area contributed by atoms with E-state index in [1.165, 1.54) is 12.1 Å². The van der Waals surface area contributed by atoms with Gasteiger partial charge in [-0.15, -0.1) is 0 Å². The van der Waals surface area contributed by atoms with E-state index in [1.54, 1.807) is 25.1 Å². The zero-order chi connectivity index (χ0) is 18.9. The predicted octanol–water partition coefficient (Wildman–Crippen LogP) is 3.50. The molecule has 3 rings (SSSR count). The van der Waals surface area contributed by atoms with Crippen LogP contribution < -0.4 is 5.73 Å². The Balaban J connectivity index is 1.92. The molecule has 0 radical (unpaired) electrons. The summed E-state index contributed by atoms with van der Waals surface area (Å²) in [7, 11) is 0. The van der Waals surface area contributed by atoms with Gasteiger partial charge in [-0.1, -0.05) is 35.9 Å². The zero-order valence-electron chi connectivity index (χ0n) is 14.4. The van der Waals surface area contributed by atoms with Crippen molar-refractivity contribution in [1.29, 1.82) is 0 Å². The van der Waals surface area contributed by atoms with E-state index in [9.17, 15) is 14.3 Å². The van der Waals surface area contributed by atoms with Crippen molar-refractivity contribution in [3.8, 4) is 11.1 Å². The fourth-order valence-corrected chi connectivity index (χ4v) is 3.95. The van der Waals surface area contributed by atoms with Gasteiger partial charge in [0.1, 0.15) is 11.2 Å². The fourth-order valence-electron chi connectivity index (χ4n) is 3.78. The number of hydrogen-bond acceptors (Lipinski definition) is 4. The third-order valence-electron chi connectivity index (χ3n) is 5.10. The van der Waals surface area contributed by atoms with Crippen molar-refractivity contribution in [2.75, 3.05) is 13.2 Å². The molecule has 26 heavy (non-hydrogen) atoms. The summed E-state index contributed by atoms with van der Waals surface area (Å²) in [5.74, 6) is -1.14. The summed E-state index contributed by atoms with van der Waals surface area (Å²) in [6, 6.07) is 11.3. The lowest BCUT2D eigenvalue weighted by Crippen LogP contribution is -2.60. The molecule has 3 atom stereocenters. The highest BCUT2D eigenvalue weighted by molar-refractivity contribution is 6.30. The van der Waals surface area contributed by atoms with Gasteiger partial charge in [-0.05, 0) is 42.7 Å². The Morgan fingerprint density at radius 1 is 1.35 bits per heavy atom. The summed E-state index contributed by atoms with van der Waals surface area (Å²) in [4.78, 5) is 12.4. The maximum Gasteiger partial charge on any atom is 0.315 e. The number of ether oxygens (including phenoxy) is 1. The van der Waals surface area contributed by atoms with E-state index in [4.69, 9.17) is 22.1 Å². The summed E-state index contributed by atoms with van der Waals surface area (Å²) < 4.78 is 19.2. The lowest BCUT2D eigenvalue weighted by molar-refractivity contribution is -0.169. The fraction of sp³-hybridized carbons (Fsp3) is 0.350. The SMILES string of the molecule is CCOC(=O)[C@]1(CO)C[C@H](N)C1c1ccc(-c2cc(Cl)ccc2F)cc1. The summed E-state index contributed by atoms with van der Waals surface area (Å²) >= 11 is 5.96. The van der Waals surface area contributed by atoms with E-state index in [0.29, 0.717) is 22.6 Å². The molecule has 138 valence electrons. The number of carbonyl (C=O) groups excluding carboxylic acids is 1. The van der Waals surface area contributed by atoms with Crippen LogP contribution in [0.5, 0.6) is 0 Å². The molecule has 1 saturated carbocycles. The van der Waals surface area contributed by atoms with Gasteiger partial charge in [-0.3, -0.25) is 4.79 Å². The third-order valence-corrected chi connectivity index (χ3v) is 5.33. The second-order valence-corrected chi connectivity index (χ2v) is 7.06. The van der Waals surface area contributed by atoms with Gasteiger partial charge in [0.2, 0.25) is 0 Å². The smallest absolute Gasteiger partial charge is 0.315 e. The van der Waals surface area contributed by atoms with Crippen molar-refractivity contribution in [3.05, 3.63) is 58.9 Å². The first-order chi connectivity index (χ1) is 12.4. The second-order valence-electron chi connectivity index (χ2n) is 6.63. The molecule has 0 aliphatic heterocycles. The lowest BCUT2D eigenvalue weighted by Gasteiger charge is -2.51. The standard InChI is InChI=1S/C20H21ClFNO3/c1-2-26-19(25)20(11-24)10-17(23)18(20)13-5-3-12(4-6-13)15-9-14(21)7-8-16(15)22/h3-9,17-18,24H,2,10-11,23H2,1H3/t17-,18?,20-/m0/s1. The molecule has 0 bridgehead atoms. The normalized spacial score (nSPS) is 24.8. The van der Waals surface area contributed by atoms with Crippen LogP contribution in [0.3, 0.4) is 0 Å². The minimum absolute atomic E-state index is 0.246. The molecule has 0 spiro atoms. The summed E-state index contributed by atoms with van der Waals surface area (Å²) in [5, 5.41) is 10.3. The van der Waals surface area contributed by atoms with Crippen molar-refractivity contribution >= 4 is 17.6 Å². The number of nitrogens with two attached hydrogens (primary N) is 1. The first-order valence-electron chi connectivity index (χ1n) is 8.52. The Kier molecular flexibility index (Phi) is 5.32. The van der Waals surface area contributed by atoms with Gasteiger partial charge < -0.3 is 15.6 Å². The maximum absolute atomic E-state index is 14.0. The van der Waals surface area contributed by atoms with Crippen LogP contribution in [0, 0.1) is 11.2 Å². The number of aliphatic hydroxyl groups is 1. The van der Waals surface area contributed by atoms with Crippen LogP contribution in [0.4, 0.5) is 4.39 Å². The molecule has 6 heteroatoms. The van der Waals surface area contributed by atoms with Gasteiger partial charge in [-0.2, -0.15) is 0 Å². The van der Waals surface area contributed by atoms with Crippen molar-refractivity contribution < 1.29 is 19.0 Å². The van der Waals surface area contributed by atoms with E-state index in [-0.39, 0.29) is 31.0 Å². The zero-order valence-corrected chi connectivity index (χ0v) is 15.2. The molecule has 0 amide bonds. The summed E-state index contributed by atoms with van der Waals surface area (Å²) in [6.45, 7) is 1.65. The molecular formula is C20H21ClFNO3. The average Bonchev–Trinajstić information content (AvgIpc) is 2.62. The maximum atomic E-state index is 14.0. The van der Waals surface area contributed by atoms with Gasteiger partial charge in [-0.25, -0.2) is 4.39 Å². The van der Waals surface area contributed by atoms with Crippen molar-refractivity contribution in [2.45, 2.75) is 25.3 Å². The van der Waals surface area contributed by atoms with E-state index < -0.39 is 11.4 Å². The van der Waals surface area contributed by atoms with Crippen LogP contribution >= 0.6 is 11.6 Å². The summed E-state index contributed by atoms with van der Waals surface area (Å²) in [6.07, 6.45) is 0.373. The molecule has 2 aromatic carbocycles. The Labute approximate surface area is 156 Å². The van der Waals surface area contributed by atoms with Gasteiger partial charge >= 0.3 is 5.97 Å². The van der Waals surface area contributed by atoms with Crippen LogP contribution in [-0.2, 0) is 9.53 Å². The van der Waals surface area contributed by atoms with Crippen LogP contribution in [0.15, 0.2) is 42.5 Å². The summed E-state index contributed by atoms with van der Waals surface area (Å²) in [5.41, 5.74) is 7.01. The Morgan fingerprint density at radius 3 is 2.62 bits per heavy atom. The molecule has 1 fully saturated rings.